The molecule has 1 rings (SSSR count). The minimum Gasteiger partial charge on any atom is -0.475 e. The second kappa shape index (κ2) is 9.17. The van der Waals surface area contributed by atoms with Gasteiger partial charge in [-0.2, -0.15) is 26.3 Å². The van der Waals surface area contributed by atoms with Gasteiger partial charge in [-0.25, -0.2) is 9.59 Å². The number of carboxylic acids is 2. The second-order valence-corrected chi connectivity index (χ2v) is 4.26. The van der Waals surface area contributed by atoms with E-state index >= 15 is 0 Å². The molecule has 0 radical (unpaired) electrons. The van der Waals surface area contributed by atoms with Crippen LogP contribution in [0.5, 0.6) is 0 Å². The molecule has 1 unspecified atom stereocenters. The van der Waals surface area contributed by atoms with Crippen LogP contribution in [-0.2, 0) is 14.4 Å². The van der Waals surface area contributed by atoms with Crippen molar-refractivity contribution in [3.8, 4) is 0 Å². The summed E-state index contributed by atoms with van der Waals surface area (Å²) in [5, 5.41) is 14.2. The van der Waals surface area contributed by atoms with Gasteiger partial charge in [0.15, 0.2) is 0 Å². The number of halogens is 6. The van der Waals surface area contributed by atoms with Crippen molar-refractivity contribution in [2.75, 3.05) is 20.1 Å². The minimum absolute atomic E-state index is 0.106. The number of rotatable bonds is 1. The molecular weight excluding hydrogens is 342 g/mol. The molecule has 136 valence electrons. The number of amides is 1. The predicted molar refractivity (Wildman–Crippen MR) is 62.2 cm³/mol. The van der Waals surface area contributed by atoms with E-state index in [0.29, 0.717) is 0 Å². The van der Waals surface area contributed by atoms with Crippen molar-refractivity contribution in [2.45, 2.75) is 18.8 Å². The van der Waals surface area contributed by atoms with Crippen LogP contribution in [0.3, 0.4) is 0 Å². The van der Waals surface area contributed by atoms with Crippen LogP contribution in [0.2, 0.25) is 0 Å². The average Bonchev–Trinajstić information content (AvgIpc) is 2.75. The molecule has 0 aliphatic carbocycles. The van der Waals surface area contributed by atoms with E-state index in [-0.39, 0.29) is 11.8 Å². The van der Waals surface area contributed by atoms with E-state index in [1.165, 1.54) is 0 Å². The SMILES string of the molecule is CN1CCC(C(N)=O)C1.O=C(O)C(F)(F)F.O=C(O)C(F)(F)F. The second-order valence-electron chi connectivity index (χ2n) is 4.26. The molecular formula is C10H14F6N2O5. The highest BCUT2D eigenvalue weighted by molar-refractivity contribution is 5.77. The number of likely N-dealkylation sites (tertiary alicyclic amines) is 1. The number of nitrogens with zero attached hydrogens (tertiary/aromatic N) is 1. The Hall–Kier alpha value is -2.05. The van der Waals surface area contributed by atoms with Crippen LogP contribution in [0.25, 0.3) is 0 Å². The van der Waals surface area contributed by atoms with Crippen molar-refractivity contribution in [2.24, 2.45) is 11.7 Å². The molecule has 7 nitrogen and oxygen atoms in total. The molecule has 1 fully saturated rings. The number of aliphatic carboxylic acids is 2. The minimum atomic E-state index is -5.08. The van der Waals surface area contributed by atoms with Crippen LogP contribution in [0.15, 0.2) is 0 Å². The Labute approximate surface area is 125 Å². The van der Waals surface area contributed by atoms with Gasteiger partial charge in [-0.05, 0) is 20.0 Å². The van der Waals surface area contributed by atoms with E-state index in [4.69, 9.17) is 25.5 Å². The molecule has 4 N–H and O–H groups in total. The van der Waals surface area contributed by atoms with Crippen LogP contribution in [-0.4, -0.2) is 65.4 Å². The fraction of sp³-hybridized carbons (Fsp3) is 0.700. The predicted octanol–water partition coefficient (Wildman–Crippen LogP) is 0.690. The molecule has 1 saturated heterocycles. The fourth-order valence-electron chi connectivity index (χ4n) is 1.17. The Morgan fingerprint density at radius 2 is 1.30 bits per heavy atom. The Balaban J connectivity index is 0. The van der Waals surface area contributed by atoms with E-state index in [0.717, 1.165) is 19.5 Å². The maximum Gasteiger partial charge on any atom is 0.490 e. The molecule has 0 aromatic heterocycles. The lowest BCUT2D eigenvalue weighted by Crippen LogP contribution is -2.25. The number of hydrogen-bond acceptors (Lipinski definition) is 4. The monoisotopic (exact) mass is 356 g/mol. The Kier molecular flexibility index (Phi) is 9.26. The highest BCUT2D eigenvalue weighted by Gasteiger charge is 2.38. The molecule has 0 saturated carbocycles. The van der Waals surface area contributed by atoms with Gasteiger partial charge >= 0.3 is 24.3 Å². The maximum atomic E-state index is 10.6. The lowest BCUT2D eigenvalue weighted by Gasteiger charge is -2.05. The first-order valence-electron chi connectivity index (χ1n) is 5.67. The first kappa shape index (κ1) is 23.2. The standard InChI is InChI=1S/C6H12N2O.2C2HF3O2/c1-8-3-2-5(4-8)6(7)9;2*3-2(4,5)1(6)7/h5H,2-4H2,1H3,(H2,7,9);2*(H,6,7). The van der Waals surface area contributed by atoms with Gasteiger partial charge in [0, 0.05) is 6.54 Å². The lowest BCUT2D eigenvalue weighted by atomic mass is 10.1. The van der Waals surface area contributed by atoms with Crippen molar-refractivity contribution >= 4 is 17.8 Å². The zero-order valence-electron chi connectivity index (χ0n) is 11.6. The van der Waals surface area contributed by atoms with Gasteiger partial charge < -0.3 is 20.8 Å². The average molecular weight is 356 g/mol. The molecule has 13 heteroatoms. The molecule has 0 spiro atoms. The Morgan fingerprint density at radius 3 is 1.39 bits per heavy atom. The van der Waals surface area contributed by atoms with Gasteiger partial charge in [0.2, 0.25) is 5.91 Å². The third-order valence-corrected chi connectivity index (χ3v) is 2.28. The van der Waals surface area contributed by atoms with Gasteiger partial charge in [-0.3, -0.25) is 4.79 Å². The van der Waals surface area contributed by atoms with Gasteiger partial charge in [0.25, 0.3) is 0 Å². The molecule has 1 aliphatic heterocycles. The number of carboxylic acid groups (broad SMARTS) is 2. The van der Waals surface area contributed by atoms with Crippen molar-refractivity contribution < 1.29 is 50.9 Å². The molecule has 1 heterocycles. The summed E-state index contributed by atoms with van der Waals surface area (Å²) in [6, 6.07) is 0. The third-order valence-electron chi connectivity index (χ3n) is 2.28. The first-order valence-corrected chi connectivity index (χ1v) is 5.67. The van der Waals surface area contributed by atoms with E-state index in [1.807, 2.05) is 7.05 Å². The van der Waals surface area contributed by atoms with Gasteiger partial charge in [-0.1, -0.05) is 0 Å². The number of nitrogens with two attached hydrogens (primary N) is 1. The van der Waals surface area contributed by atoms with Crippen LogP contribution < -0.4 is 5.73 Å². The zero-order chi connectivity index (χ0) is 19.0. The molecule has 1 amide bonds. The quantitative estimate of drug-likeness (QED) is 0.595. The van der Waals surface area contributed by atoms with E-state index < -0.39 is 24.3 Å². The summed E-state index contributed by atoms with van der Waals surface area (Å²) >= 11 is 0. The number of alkyl halides is 6. The van der Waals surface area contributed by atoms with Crippen molar-refractivity contribution in [1.82, 2.24) is 4.90 Å². The van der Waals surface area contributed by atoms with Crippen molar-refractivity contribution in [1.29, 1.82) is 0 Å². The Morgan fingerprint density at radius 1 is 1.00 bits per heavy atom. The van der Waals surface area contributed by atoms with Gasteiger partial charge in [0.1, 0.15) is 0 Å². The van der Waals surface area contributed by atoms with Crippen LogP contribution >= 0.6 is 0 Å². The lowest BCUT2D eigenvalue weighted by molar-refractivity contribution is -0.193. The molecule has 0 bridgehead atoms. The van der Waals surface area contributed by atoms with E-state index in [1.54, 1.807) is 0 Å². The summed E-state index contributed by atoms with van der Waals surface area (Å²) in [4.78, 5) is 30.5. The normalized spacial score (nSPS) is 18.1. The largest absolute Gasteiger partial charge is 0.490 e. The zero-order valence-corrected chi connectivity index (χ0v) is 11.6. The first-order chi connectivity index (χ1) is 10.1. The summed E-state index contributed by atoms with van der Waals surface area (Å²) in [6.07, 6.45) is -9.23. The van der Waals surface area contributed by atoms with Gasteiger partial charge in [-0.15, -0.1) is 0 Å². The highest BCUT2D eigenvalue weighted by Crippen LogP contribution is 2.14. The number of carbonyl (C=O) groups is 3. The van der Waals surface area contributed by atoms with Crippen molar-refractivity contribution in [3.63, 3.8) is 0 Å². The van der Waals surface area contributed by atoms with E-state index in [9.17, 15) is 31.1 Å². The number of hydrogen-bond donors (Lipinski definition) is 3. The topological polar surface area (TPSA) is 121 Å². The number of primary amides is 1. The van der Waals surface area contributed by atoms with Gasteiger partial charge in [0.05, 0.1) is 5.92 Å². The molecule has 0 aromatic carbocycles. The summed E-state index contributed by atoms with van der Waals surface area (Å²) < 4.78 is 63.5. The maximum absolute atomic E-state index is 10.6. The van der Waals surface area contributed by atoms with E-state index in [2.05, 4.69) is 4.90 Å². The third kappa shape index (κ3) is 12.2. The molecule has 1 aliphatic rings. The summed E-state index contributed by atoms with van der Waals surface area (Å²) in [6.45, 7) is 1.85. The summed E-state index contributed by atoms with van der Waals surface area (Å²) in [7, 11) is 2.00. The van der Waals surface area contributed by atoms with Crippen LogP contribution in [0.4, 0.5) is 26.3 Å². The smallest absolute Gasteiger partial charge is 0.475 e. The number of carbonyl (C=O) groups excluding carboxylic acids is 1. The Bertz CT molecular complexity index is 399. The molecule has 23 heavy (non-hydrogen) atoms. The van der Waals surface area contributed by atoms with Crippen LogP contribution in [0.1, 0.15) is 6.42 Å². The summed E-state index contributed by atoms with van der Waals surface area (Å²) in [5.74, 6) is -5.56. The summed E-state index contributed by atoms with van der Waals surface area (Å²) in [5.41, 5.74) is 5.09. The molecule has 1 atom stereocenters. The highest BCUT2D eigenvalue weighted by atomic mass is 19.4. The molecule has 0 aromatic rings. The van der Waals surface area contributed by atoms with Crippen LogP contribution in [0, 0.1) is 5.92 Å². The van der Waals surface area contributed by atoms with Crippen molar-refractivity contribution in [3.05, 3.63) is 0 Å². The fourth-order valence-corrected chi connectivity index (χ4v) is 1.17.